The van der Waals surface area contributed by atoms with Crippen LogP contribution in [-0.2, 0) is 37.1 Å². The van der Waals surface area contributed by atoms with Gasteiger partial charge in [0.1, 0.15) is 5.69 Å². The molecule has 2 aliphatic rings. The summed E-state index contributed by atoms with van der Waals surface area (Å²) in [6.07, 6.45) is 7.31. The van der Waals surface area contributed by atoms with E-state index in [-0.39, 0.29) is 18.2 Å². The van der Waals surface area contributed by atoms with Crippen LogP contribution in [0.1, 0.15) is 28.1 Å². The van der Waals surface area contributed by atoms with Crippen molar-refractivity contribution >= 4 is 23.8 Å². The molecule has 0 fully saturated rings. The van der Waals surface area contributed by atoms with Gasteiger partial charge in [-0.25, -0.2) is 9.97 Å². The molecule has 1 aliphatic carbocycles. The SMILES string of the molecule is NN=C(C=NCc1cn[nH]n1)C(=O)N1CCc2nc(NC3Cc4ccccc4C3)ncc2C1. The van der Waals surface area contributed by atoms with E-state index in [1.54, 1.807) is 17.3 Å². The first-order valence-corrected chi connectivity index (χ1v) is 10.8. The summed E-state index contributed by atoms with van der Waals surface area (Å²) in [4.78, 5) is 28.0. The predicted octanol–water partition coefficient (Wildman–Crippen LogP) is 0.644. The molecule has 2 aromatic heterocycles. The summed E-state index contributed by atoms with van der Waals surface area (Å²) in [5, 5.41) is 17.2. The van der Waals surface area contributed by atoms with Gasteiger partial charge in [-0.2, -0.15) is 20.5 Å². The number of carbonyl (C=O) groups is 1. The van der Waals surface area contributed by atoms with E-state index in [0.717, 1.165) is 24.1 Å². The zero-order chi connectivity index (χ0) is 22.6. The van der Waals surface area contributed by atoms with Crippen molar-refractivity contribution < 1.29 is 4.79 Å². The standard InChI is InChI=1S/C22H24N10O/c23-29-20(12-24-10-18-11-26-31-30-18)21(33)32-6-5-19-16(13-32)9-25-22(28-19)27-17-7-14-3-1-2-4-15(14)8-17/h1-4,9,11-12,17H,5-8,10,13,23H2,(H,25,27,28)(H,26,30,31). The van der Waals surface area contributed by atoms with Gasteiger partial charge in [0, 0.05) is 37.3 Å². The van der Waals surface area contributed by atoms with Crippen LogP contribution in [0.4, 0.5) is 5.95 Å². The summed E-state index contributed by atoms with van der Waals surface area (Å²) in [5.74, 6) is 5.80. The highest BCUT2D eigenvalue weighted by atomic mass is 16.2. The van der Waals surface area contributed by atoms with E-state index in [0.29, 0.717) is 37.2 Å². The summed E-state index contributed by atoms with van der Waals surface area (Å²) < 4.78 is 0. The molecular formula is C22H24N10O. The number of hydrogen-bond acceptors (Lipinski definition) is 9. The lowest BCUT2D eigenvalue weighted by atomic mass is 10.1. The number of amides is 1. The number of rotatable bonds is 6. The number of nitrogens with zero attached hydrogens (tertiary/aromatic N) is 7. The van der Waals surface area contributed by atoms with Gasteiger partial charge in [0.25, 0.3) is 5.91 Å². The van der Waals surface area contributed by atoms with E-state index in [2.05, 4.69) is 60.1 Å². The lowest BCUT2D eigenvalue weighted by Crippen LogP contribution is -2.41. The van der Waals surface area contributed by atoms with E-state index in [4.69, 9.17) is 10.8 Å². The van der Waals surface area contributed by atoms with Crippen molar-refractivity contribution in [3.05, 3.63) is 64.7 Å². The van der Waals surface area contributed by atoms with Gasteiger partial charge >= 0.3 is 0 Å². The largest absolute Gasteiger partial charge is 0.351 e. The molecule has 168 valence electrons. The van der Waals surface area contributed by atoms with Crippen LogP contribution in [0.5, 0.6) is 0 Å². The molecule has 0 saturated carbocycles. The third-order valence-corrected chi connectivity index (χ3v) is 5.90. The highest BCUT2D eigenvalue weighted by Gasteiger charge is 2.26. The summed E-state index contributed by atoms with van der Waals surface area (Å²) in [6.45, 7) is 1.20. The molecule has 0 saturated heterocycles. The second-order valence-corrected chi connectivity index (χ2v) is 8.11. The highest BCUT2D eigenvalue weighted by Crippen LogP contribution is 2.24. The van der Waals surface area contributed by atoms with Crippen LogP contribution < -0.4 is 11.2 Å². The number of fused-ring (bicyclic) bond motifs is 2. The minimum absolute atomic E-state index is 0.0851. The fourth-order valence-corrected chi connectivity index (χ4v) is 4.24. The highest BCUT2D eigenvalue weighted by molar-refractivity contribution is 6.60. The van der Waals surface area contributed by atoms with Crippen LogP contribution in [0.3, 0.4) is 0 Å². The van der Waals surface area contributed by atoms with Crippen molar-refractivity contribution in [2.45, 2.75) is 38.4 Å². The molecule has 1 aromatic carbocycles. The maximum Gasteiger partial charge on any atom is 0.276 e. The first kappa shape index (κ1) is 20.7. The molecule has 33 heavy (non-hydrogen) atoms. The summed E-state index contributed by atoms with van der Waals surface area (Å²) in [5.41, 5.74) is 5.38. The average molecular weight is 445 g/mol. The Labute approximate surface area is 190 Å². The third kappa shape index (κ3) is 4.56. The number of hydrazone groups is 1. The topological polar surface area (TPSA) is 150 Å². The quantitative estimate of drug-likeness (QED) is 0.287. The molecule has 3 heterocycles. The summed E-state index contributed by atoms with van der Waals surface area (Å²) in [7, 11) is 0. The van der Waals surface area contributed by atoms with Crippen LogP contribution in [-0.4, -0.2) is 60.7 Å². The van der Waals surface area contributed by atoms with E-state index in [1.807, 2.05) is 0 Å². The molecular weight excluding hydrogens is 420 g/mol. The first-order chi connectivity index (χ1) is 16.2. The van der Waals surface area contributed by atoms with Crippen LogP contribution in [0.25, 0.3) is 0 Å². The number of aromatic nitrogens is 5. The zero-order valence-electron chi connectivity index (χ0n) is 18.0. The maximum absolute atomic E-state index is 12.9. The fraction of sp³-hybridized carbons (Fsp3) is 0.318. The summed E-state index contributed by atoms with van der Waals surface area (Å²) in [6, 6.07) is 8.80. The van der Waals surface area contributed by atoms with Gasteiger partial charge in [-0.1, -0.05) is 24.3 Å². The molecule has 1 aliphatic heterocycles. The minimum Gasteiger partial charge on any atom is -0.351 e. The van der Waals surface area contributed by atoms with Crippen LogP contribution in [0.15, 0.2) is 46.8 Å². The molecule has 11 heteroatoms. The normalized spacial score (nSPS) is 16.1. The number of hydrogen-bond donors (Lipinski definition) is 3. The van der Waals surface area contributed by atoms with Gasteiger partial charge in [0.2, 0.25) is 5.95 Å². The summed E-state index contributed by atoms with van der Waals surface area (Å²) >= 11 is 0. The average Bonchev–Trinajstić information content (AvgIpc) is 3.50. The number of anilines is 1. The predicted molar refractivity (Wildman–Crippen MR) is 123 cm³/mol. The van der Waals surface area contributed by atoms with E-state index >= 15 is 0 Å². The molecule has 4 N–H and O–H groups in total. The van der Waals surface area contributed by atoms with Gasteiger partial charge in [0.05, 0.1) is 24.7 Å². The number of nitrogens with one attached hydrogen (secondary N) is 2. The second kappa shape index (κ2) is 9.15. The van der Waals surface area contributed by atoms with Gasteiger partial charge in [-0.05, 0) is 24.0 Å². The Morgan fingerprint density at radius 2 is 2.06 bits per heavy atom. The van der Waals surface area contributed by atoms with Crippen molar-refractivity contribution in [2.24, 2.45) is 15.9 Å². The molecule has 5 rings (SSSR count). The molecule has 3 aromatic rings. The monoisotopic (exact) mass is 444 g/mol. The molecule has 11 nitrogen and oxygen atoms in total. The number of aromatic amines is 1. The van der Waals surface area contributed by atoms with Gasteiger partial charge in [0.15, 0.2) is 5.71 Å². The lowest BCUT2D eigenvalue weighted by Gasteiger charge is -2.28. The molecule has 0 unspecified atom stereocenters. The first-order valence-electron chi connectivity index (χ1n) is 10.8. The Hall–Kier alpha value is -4.15. The Kier molecular flexibility index (Phi) is 5.75. The maximum atomic E-state index is 12.9. The lowest BCUT2D eigenvalue weighted by molar-refractivity contribution is -0.124. The number of carbonyl (C=O) groups excluding carboxylic acids is 1. The van der Waals surface area contributed by atoms with Crippen LogP contribution in [0, 0.1) is 0 Å². The van der Waals surface area contributed by atoms with Crippen molar-refractivity contribution in [2.75, 3.05) is 11.9 Å². The number of aliphatic imine (C=N–C) groups is 1. The van der Waals surface area contributed by atoms with E-state index in [1.165, 1.54) is 17.3 Å². The molecule has 0 spiro atoms. The molecule has 0 bridgehead atoms. The van der Waals surface area contributed by atoms with Gasteiger partial charge < -0.3 is 16.1 Å². The molecule has 0 atom stereocenters. The number of nitrogens with two attached hydrogens (primary N) is 1. The number of H-pyrrole nitrogens is 1. The Balaban J connectivity index is 1.20. The van der Waals surface area contributed by atoms with Crippen molar-refractivity contribution in [1.29, 1.82) is 0 Å². The fourth-order valence-electron chi connectivity index (χ4n) is 4.24. The Bertz CT molecular complexity index is 1180. The van der Waals surface area contributed by atoms with Crippen LogP contribution >= 0.6 is 0 Å². The van der Waals surface area contributed by atoms with Gasteiger partial charge in [-0.15, -0.1) is 0 Å². The Morgan fingerprint density at radius 3 is 2.79 bits per heavy atom. The van der Waals surface area contributed by atoms with Crippen molar-refractivity contribution in [3.63, 3.8) is 0 Å². The smallest absolute Gasteiger partial charge is 0.276 e. The van der Waals surface area contributed by atoms with Crippen LogP contribution in [0.2, 0.25) is 0 Å². The minimum atomic E-state index is -0.280. The Morgan fingerprint density at radius 1 is 1.24 bits per heavy atom. The number of benzene rings is 1. The third-order valence-electron chi connectivity index (χ3n) is 5.90. The van der Waals surface area contributed by atoms with E-state index < -0.39 is 0 Å². The van der Waals surface area contributed by atoms with Crippen molar-refractivity contribution in [3.8, 4) is 0 Å². The van der Waals surface area contributed by atoms with E-state index in [9.17, 15) is 4.79 Å². The van der Waals surface area contributed by atoms with Gasteiger partial charge in [-0.3, -0.25) is 9.79 Å². The zero-order valence-corrected chi connectivity index (χ0v) is 18.0. The molecule has 0 radical (unpaired) electrons. The van der Waals surface area contributed by atoms with Crippen molar-refractivity contribution in [1.82, 2.24) is 30.3 Å². The second-order valence-electron chi connectivity index (χ2n) is 8.11. The molecule has 1 amide bonds.